The number of carbonyl (C=O) groups is 1. The molecule has 0 aliphatic heterocycles. The Morgan fingerprint density at radius 3 is 1.76 bits per heavy atom. The van der Waals surface area contributed by atoms with Crippen molar-refractivity contribution in [2.75, 3.05) is 0 Å². The lowest BCUT2D eigenvalue weighted by Gasteiger charge is -2.08. The number of hydrogen-bond acceptors (Lipinski definition) is 1. The van der Waals surface area contributed by atoms with Gasteiger partial charge in [-0.05, 0) is 31.1 Å². The maximum atomic E-state index is 11.2. The molecule has 0 bridgehead atoms. The molecule has 0 spiro atoms. The van der Waals surface area contributed by atoms with Crippen LogP contribution in [-0.4, -0.2) is 5.91 Å². The Labute approximate surface area is 156 Å². The maximum Gasteiger partial charge on any atom is 0.220 e. The fraction of sp³-hybridized carbons (Fsp3) is 0.783. The van der Waals surface area contributed by atoms with E-state index in [0.29, 0.717) is 6.42 Å². The highest BCUT2D eigenvalue weighted by Crippen LogP contribution is 2.12. The molecule has 0 aromatic rings. The first-order valence-corrected chi connectivity index (χ1v) is 10.5. The van der Waals surface area contributed by atoms with Crippen molar-refractivity contribution >= 4 is 5.91 Å². The van der Waals surface area contributed by atoms with E-state index in [9.17, 15) is 4.79 Å². The summed E-state index contributed by atoms with van der Waals surface area (Å²) in [6.45, 7) is 4.34. The van der Waals surface area contributed by atoms with Gasteiger partial charge in [-0.15, -0.1) is 0 Å². The molecule has 0 aromatic heterocycles. The van der Waals surface area contributed by atoms with Crippen LogP contribution >= 0.6 is 0 Å². The predicted molar refractivity (Wildman–Crippen MR) is 109 cm³/mol. The van der Waals surface area contributed by atoms with Crippen LogP contribution in [0.1, 0.15) is 110 Å². The van der Waals surface area contributed by atoms with Crippen molar-refractivity contribution in [3.63, 3.8) is 0 Å². The summed E-state index contributed by atoms with van der Waals surface area (Å²) < 4.78 is 0. The molecule has 25 heavy (non-hydrogen) atoms. The molecule has 2 N–H and O–H groups in total. The van der Waals surface area contributed by atoms with Crippen LogP contribution in [0.4, 0.5) is 0 Å². The van der Waals surface area contributed by atoms with Crippen molar-refractivity contribution in [2.45, 2.75) is 110 Å². The highest BCUT2D eigenvalue weighted by molar-refractivity contribution is 5.76. The Morgan fingerprint density at radius 2 is 1.24 bits per heavy atom. The fourth-order valence-corrected chi connectivity index (χ4v) is 2.94. The van der Waals surface area contributed by atoms with Gasteiger partial charge in [-0.25, -0.2) is 0 Å². The lowest BCUT2D eigenvalue weighted by molar-refractivity contribution is -0.122. The van der Waals surface area contributed by atoms with Gasteiger partial charge in [-0.3, -0.25) is 4.79 Å². The molecule has 0 fully saturated rings. The van der Waals surface area contributed by atoms with Crippen LogP contribution < -0.4 is 5.73 Å². The molecule has 2 nitrogen and oxygen atoms in total. The van der Waals surface area contributed by atoms with Gasteiger partial charge in [0, 0.05) is 18.8 Å². The summed E-state index contributed by atoms with van der Waals surface area (Å²) in [4.78, 5) is 11.2. The van der Waals surface area contributed by atoms with Crippen molar-refractivity contribution < 1.29 is 4.79 Å². The number of carbonyl (C=O) groups excluding carboxylic acids is 1. The number of rotatable bonds is 15. The summed E-state index contributed by atoms with van der Waals surface area (Å²) in [5.74, 6) is 11.8. The number of hydrogen-bond donors (Lipinski definition) is 1. The molecule has 0 aromatic carbocycles. The highest BCUT2D eigenvalue weighted by Gasteiger charge is 2.12. The minimum Gasteiger partial charge on any atom is -0.369 e. The van der Waals surface area contributed by atoms with E-state index in [1.165, 1.54) is 64.2 Å². The Morgan fingerprint density at radius 1 is 0.720 bits per heavy atom. The van der Waals surface area contributed by atoms with Gasteiger partial charge in [0.05, 0.1) is 0 Å². The number of nitrogens with two attached hydrogens (primary N) is 1. The Bertz CT molecular complexity index is 432. The van der Waals surface area contributed by atoms with E-state index in [4.69, 9.17) is 5.73 Å². The molecule has 0 saturated carbocycles. The molecule has 2 heteroatoms. The first-order chi connectivity index (χ1) is 12.2. The minimum absolute atomic E-state index is 0.0288. The topological polar surface area (TPSA) is 43.1 Å². The quantitative estimate of drug-likeness (QED) is 0.288. The van der Waals surface area contributed by atoms with E-state index in [2.05, 4.69) is 37.5 Å². The second kappa shape index (κ2) is 18.9. The lowest BCUT2D eigenvalue weighted by atomic mass is 9.97. The van der Waals surface area contributed by atoms with Gasteiger partial charge >= 0.3 is 0 Å². The standard InChI is InChI=1S/C23H39NO/c1-3-5-6-7-8-9-10-11-12-13-14-15-16-17-18-19-21-22(20-4-2)23(24)25/h22H,3-14,19-21H2,1-2H3,(H2,24,25). The first-order valence-electron chi connectivity index (χ1n) is 10.5. The van der Waals surface area contributed by atoms with E-state index in [-0.39, 0.29) is 11.8 Å². The van der Waals surface area contributed by atoms with Gasteiger partial charge in [0.2, 0.25) is 5.91 Å². The van der Waals surface area contributed by atoms with E-state index >= 15 is 0 Å². The Kier molecular flexibility index (Phi) is 17.9. The van der Waals surface area contributed by atoms with Crippen molar-refractivity contribution in [1.29, 1.82) is 0 Å². The monoisotopic (exact) mass is 345 g/mol. The summed E-state index contributed by atoms with van der Waals surface area (Å²) in [5.41, 5.74) is 5.37. The first kappa shape index (κ1) is 23.6. The number of amides is 1. The van der Waals surface area contributed by atoms with Crippen LogP contribution in [0.2, 0.25) is 0 Å². The summed E-state index contributed by atoms with van der Waals surface area (Å²) in [5, 5.41) is 0. The Balaban J connectivity index is 3.49. The molecule has 1 atom stereocenters. The van der Waals surface area contributed by atoms with Crippen LogP contribution in [0, 0.1) is 29.6 Å². The molecule has 0 heterocycles. The Hall–Kier alpha value is -1.41. The van der Waals surface area contributed by atoms with Crippen LogP contribution in [0.3, 0.4) is 0 Å². The molecule has 0 radical (unpaired) electrons. The molecular formula is C23H39NO. The van der Waals surface area contributed by atoms with Crippen molar-refractivity contribution in [3.05, 3.63) is 0 Å². The van der Waals surface area contributed by atoms with E-state index in [1.54, 1.807) is 0 Å². The molecule has 0 aliphatic rings. The molecule has 142 valence electrons. The van der Waals surface area contributed by atoms with Gasteiger partial charge in [0.15, 0.2) is 0 Å². The SMILES string of the molecule is CCCCCCCCCCCCC#CC#CCCC(CCC)C(N)=O. The minimum atomic E-state index is -0.198. The summed E-state index contributed by atoms with van der Waals surface area (Å²) in [7, 11) is 0. The normalized spacial score (nSPS) is 11.1. The van der Waals surface area contributed by atoms with Gasteiger partial charge in [0.1, 0.15) is 0 Å². The molecule has 1 unspecified atom stereocenters. The summed E-state index contributed by atoms with van der Waals surface area (Å²) >= 11 is 0. The molecule has 1 amide bonds. The van der Waals surface area contributed by atoms with Crippen LogP contribution in [-0.2, 0) is 4.79 Å². The average molecular weight is 346 g/mol. The summed E-state index contributed by atoms with van der Waals surface area (Å²) in [6.07, 6.45) is 17.8. The second-order valence-corrected chi connectivity index (χ2v) is 6.96. The molecular weight excluding hydrogens is 306 g/mol. The average Bonchev–Trinajstić information content (AvgIpc) is 2.60. The van der Waals surface area contributed by atoms with E-state index < -0.39 is 0 Å². The van der Waals surface area contributed by atoms with Crippen LogP contribution in [0.15, 0.2) is 0 Å². The third kappa shape index (κ3) is 17.2. The second-order valence-electron chi connectivity index (χ2n) is 6.96. The van der Waals surface area contributed by atoms with Crippen LogP contribution in [0.25, 0.3) is 0 Å². The summed E-state index contributed by atoms with van der Waals surface area (Å²) in [6, 6.07) is 0. The third-order valence-corrected chi connectivity index (χ3v) is 4.55. The van der Waals surface area contributed by atoms with Gasteiger partial charge < -0.3 is 5.73 Å². The van der Waals surface area contributed by atoms with Crippen molar-refractivity contribution in [1.82, 2.24) is 0 Å². The fourth-order valence-electron chi connectivity index (χ4n) is 2.94. The van der Waals surface area contributed by atoms with Crippen molar-refractivity contribution in [2.24, 2.45) is 11.7 Å². The zero-order chi connectivity index (χ0) is 18.6. The van der Waals surface area contributed by atoms with Gasteiger partial charge in [0.25, 0.3) is 0 Å². The predicted octanol–water partition coefficient (Wildman–Crippen LogP) is 5.99. The molecule has 0 rings (SSSR count). The smallest absolute Gasteiger partial charge is 0.220 e. The molecule has 0 aliphatic carbocycles. The maximum absolute atomic E-state index is 11.2. The largest absolute Gasteiger partial charge is 0.369 e. The van der Waals surface area contributed by atoms with Crippen LogP contribution in [0.5, 0.6) is 0 Å². The lowest BCUT2D eigenvalue weighted by Crippen LogP contribution is -2.22. The number of unbranched alkanes of at least 4 members (excludes halogenated alkanes) is 10. The highest BCUT2D eigenvalue weighted by atomic mass is 16.1. The molecule has 0 saturated heterocycles. The van der Waals surface area contributed by atoms with Gasteiger partial charge in [-0.1, -0.05) is 89.9 Å². The number of primary amides is 1. The third-order valence-electron chi connectivity index (χ3n) is 4.55. The van der Waals surface area contributed by atoms with Crippen molar-refractivity contribution in [3.8, 4) is 23.7 Å². The van der Waals surface area contributed by atoms with E-state index in [0.717, 1.165) is 25.7 Å². The van der Waals surface area contributed by atoms with Gasteiger partial charge in [-0.2, -0.15) is 0 Å². The zero-order valence-electron chi connectivity index (χ0n) is 16.7. The van der Waals surface area contributed by atoms with E-state index in [1.807, 2.05) is 0 Å². The zero-order valence-corrected chi connectivity index (χ0v) is 16.7.